The lowest BCUT2D eigenvalue weighted by molar-refractivity contribution is 0.455. The van der Waals surface area contributed by atoms with Gasteiger partial charge in [0, 0.05) is 6.07 Å². The first-order valence-corrected chi connectivity index (χ1v) is 6.78. The molecule has 0 bridgehead atoms. The molecule has 0 heterocycles. The van der Waals surface area contributed by atoms with E-state index < -0.39 is 11.6 Å². The van der Waals surface area contributed by atoms with Crippen LogP contribution in [-0.2, 0) is 0 Å². The van der Waals surface area contributed by atoms with Crippen molar-refractivity contribution in [1.29, 1.82) is 0 Å². The van der Waals surface area contributed by atoms with Crippen molar-refractivity contribution >= 4 is 26.7 Å². The minimum absolute atomic E-state index is 0.270. The Morgan fingerprint density at radius 3 is 2.19 bits per heavy atom. The summed E-state index contributed by atoms with van der Waals surface area (Å²) in [6.07, 6.45) is 0. The van der Waals surface area contributed by atoms with Crippen molar-refractivity contribution in [1.82, 2.24) is 0 Å². The fraction of sp³-hybridized carbons (Fsp3) is 0. The van der Waals surface area contributed by atoms with E-state index in [4.69, 9.17) is 5.11 Å². The van der Waals surface area contributed by atoms with Crippen LogP contribution in [0.1, 0.15) is 0 Å². The molecule has 0 atom stereocenters. The Labute approximate surface area is 128 Å². The van der Waals surface area contributed by atoms with Gasteiger partial charge in [-0.15, -0.1) is 0 Å². The summed E-state index contributed by atoms with van der Waals surface area (Å²) in [5.41, 5.74) is 0. The van der Waals surface area contributed by atoms with E-state index in [9.17, 15) is 13.9 Å². The van der Waals surface area contributed by atoms with Crippen LogP contribution in [-0.4, -0.2) is 10.2 Å². The molecule has 3 aromatic rings. The van der Waals surface area contributed by atoms with E-state index in [2.05, 4.69) is 15.9 Å². The van der Waals surface area contributed by atoms with Crippen LogP contribution < -0.4 is 0 Å². The zero-order chi connectivity index (χ0) is 15.4. The lowest BCUT2D eigenvalue weighted by atomic mass is 10.1. The zero-order valence-electron chi connectivity index (χ0n) is 10.7. The molecule has 2 N–H and O–H groups in total. The Hall–Kier alpha value is -2.14. The second kappa shape index (κ2) is 6.54. The molecule has 0 radical (unpaired) electrons. The summed E-state index contributed by atoms with van der Waals surface area (Å²) in [7, 11) is 0. The summed E-state index contributed by atoms with van der Waals surface area (Å²) in [5, 5.41) is 20.1. The van der Waals surface area contributed by atoms with E-state index in [0.29, 0.717) is 0 Å². The van der Waals surface area contributed by atoms with Gasteiger partial charge >= 0.3 is 0 Å². The number of rotatable bonds is 0. The van der Waals surface area contributed by atoms with E-state index >= 15 is 0 Å². The first-order chi connectivity index (χ1) is 9.99. The van der Waals surface area contributed by atoms with Crippen LogP contribution in [0.25, 0.3) is 10.8 Å². The number of hydrogen-bond acceptors (Lipinski definition) is 2. The third-order valence-corrected chi connectivity index (χ3v) is 3.58. The molecule has 5 heteroatoms. The number of benzene rings is 3. The molecule has 0 spiro atoms. The molecule has 21 heavy (non-hydrogen) atoms. The maximum Gasteiger partial charge on any atom is 0.162 e. The van der Waals surface area contributed by atoms with E-state index in [1.54, 1.807) is 6.07 Å². The average molecular weight is 353 g/mol. The van der Waals surface area contributed by atoms with Crippen molar-refractivity contribution in [3.8, 4) is 11.5 Å². The monoisotopic (exact) mass is 352 g/mol. The van der Waals surface area contributed by atoms with Crippen molar-refractivity contribution in [3.63, 3.8) is 0 Å². The highest BCUT2D eigenvalue weighted by Gasteiger charge is 2.01. The molecule has 0 aliphatic rings. The van der Waals surface area contributed by atoms with Crippen molar-refractivity contribution in [2.24, 2.45) is 0 Å². The van der Waals surface area contributed by atoms with Gasteiger partial charge in [-0.05, 0) is 44.9 Å². The molecule has 3 rings (SSSR count). The predicted octanol–water partition coefficient (Wildman–Crippen LogP) is 4.98. The molecule has 0 aliphatic carbocycles. The van der Waals surface area contributed by atoms with Gasteiger partial charge in [0.2, 0.25) is 0 Å². The van der Waals surface area contributed by atoms with Gasteiger partial charge in [0.25, 0.3) is 0 Å². The van der Waals surface area contributed by atoms with Gasteiger partial charge < -0.3 is 10.2 Å². The van der Waals surface area contributed by atoms with Crippen molar-refractivity contribution in [2.75, 3.05) is 0 Å². The van der Waals surface area contributed by atoms with Crippen molar-refractivity contribution in [3.05, 3.63) is 70.7 Å². The minimum atomic E-state index is -1.03. The fourth-order valence-corrected chi connectivity index (χ4v) is 2.20. The number of phenolic OH excluding ortho intramolecular Hbond substituents is 2. The molecule has 0 amide bonds. The van der Waals surface area contributed by atoms with Gasteiger partial charge in [0.1, 0.15) is 11.5 Å². The van der Waals surface area contributed by atoms with Gasteiger partial charge in [-0.2, -0.15) is 0 Å². The highest BCUT2D eigenvalue weighted by Crippen LogP contribution is 2.31. The molecule has 0 aromatic heterocycles. The number of halogens is 3. The Morgan fingerprint density at radius 1 is 0.810 bits per heavy atom. The molecule has 2 nitrogen and oxygen atoms in total. The minimum Gasteiger partial charge on any atom is -0.508 e. The lowest BCUT2D eigenvalue weighted by Gasteiger charge is -2.01. The second-order valence-corrected chi connectivity index (χ2v) is 5.01. The highest BCUT2D eigenvalue weighted by atomic mass is 79.9. The molecule has 0 saturated carbocycles. The summed E-state index contributed by atoms with van der Waals surface area (Å²) in [6, 6.07) is 14.2. The van der Waals surface area contributed by atoms with E-state index in [1.165, 1.54) is 0 Å². The smallest absolute Gasteiger partial charge is 0.162 e. The molecule has 0 saturated heterocycles. The van der Waals surface area contributed by atoms with Gasteiger partial charge in [-0.25, -0.2) is 8.78 Å². The standard InChI is InChI=1S/C10H7BrO.C6H4F2O/c11-10-8-4-2-1-3-7(8)5-6-9(10)12;7-5-2-1-4(9)3-6(5)8/h1-6,12H;1-3,9H. The largest absolute Gasteiger partial charge is 0.508 e. The Balaban J connectivity index is 0.000000161. The normalized spacial score (nSPS) is 10.0. The van der Waals surface area contributed by atoms with Crippen LogP contribution in [0, 0.1) is 11.6 Å². The maximum absolute atomic E-state index is 12.0. The number of phenols is 2. The first-order valence-electron chi connectivity index (χ1n) is 5.99. The first kappa shape index (κ1) is 15.3. The number of fused-ring (bicyclic) bond motifs is 1. The van der Waals surface area contributed by atoms with Crippen molar-refractivity contribution in [2.45, 2.75) is 0 Å². The fourth-order valence-electron chi connectivity index (χ4n) is 1.71. The third-order valence-electron chi connectivity index (χ3n) is 2.75. The van der Waals surface area contributed by atoms with E-state index in [-0.39, 0.29) is 11.5 Å². The van der Waals surface area contributed by atoms with E-state index in [1.807, 2.05) is 30.3 Å². The summed E-state index contributed by atoms with van der Waals surface area (Å²) in [6.45, 7) is 0. The molecule has 0 aliphatic heterocycles. The van der Waals surface area contributed by atoms with Gasteiger partial charge in [0.05, 0.1) is 4.47 Å². The van der Waals surface area contributed by atoms with Crippen LogP contribution in [0.2, 0.25) is 0 Å². The van der Waals surface area contributed by atoms with Crippen LogP contribution in [0.4, 0.5) is 8.78 Å². The second-order valence-electron chi connectivity index (χ2n) is 4.22. The van der Waals surface area contributed by atoms with Gasteiger partial charge in [-0.3, -0.25) is 0 Å². The Morgan fingerprint density at radius 2 is 1.52 bits per heavy atom. The van der Waals surface area contributed by atoms with Crippen molar-refractivity contribution < 1.29 is 19.0 Å². The summed E-state index contributed by atoms with van der Waals surface area (Å²) >= 11 is 3.33. The molecule has 3 aromatic carbocycles. The third kappa shape index (κ3) is 3.70. The molecular formula is C16H11BrF2O2. The van der Waals surface area contributed by atoms with Crippen LogP contribution in [0.3, 0.4) is 0 Å². The Bertz CT molecular complexity index is 775. The quantitative estimate of drug-likeness (QED) is 0.599. The molecule has 0 unspecified atom stereocenters. The van der Waals surface area contributed by atoms with Crippen LogP contribution in [0.5, 0.6) is 11.5 Å². The average Bonchev–Trinajstić information content (AvgIpc) is 2.48. The topological polar surface area (TPSA) is 40.5 Å². The lowest BCUT2D eigenvalue weighted by Crippen LogP contribution is -1.79. The van der Waals surface area contributed by atoms with Crippen LogP contribution in [0.15, 0.2) is 59.1 Å². The number of aromatic hydroxyl groups is 2. The zero-order valence-corrected chi connectivity index (χ0v) is 12.3. The summed E-state index contributed by atoms with van der Waals surface area (Å²) in [4.78, 5) is 0. The van der Waals surface area contributed by atoms with E-state index in [0.717, 1.165) is 33.4 Å². The summed E-state index contributed by atoms with van der Waals surface area (Å²) < 4.78 is 24.8. The molecule has 0 fully saturated rings. The van der Waals surface area contributed by atoms with Gasteiger partial charge in [0.15, 0.2) is 11.6 Å². The highest BCUT2D eigenvalue weighted by molar-refractivity contribution is 9.10. The Kier molecular flexibility index (Phi) is 4.75. The number of hydrogen-bond donors (Lipinski definition) is 2. The van der Waals surface area contributed by atoms with Crippen LogP contribution >= 0.6 is 15.9 Å². The predicted molar refractivity (Wildman–Crippen MR) is 81.3 cm³/mol. The maximum atomic E-state index is 12.0. The molecular weight excluding hydrogens is 342 g/mol. The SMILES string of the molecule is Oc1ccc(F)c(F)c1.Oc1ccc2ccccc2c1Br. The summed E-state index contributed by atoms with van der Waals surface area (Å²) in [5.74, 6) is -1.97. The molecule has 108 valence electrons. The van der Waals surface area contributed by atoms with Gasteiger partial charge in [-0.1, -0.05) is 30.3 Å².